The summed E-state index contributed by atoms with van der Waals surface area (Å²) in [5.74, 6) is 1.48. The van der Waals surface area contributed by atoms with Gasteiger partial charge in [0.2, 0.25) is 0 Å². The summed E-state index contributed by atoms with van der Waals surface area (Å²) in [6, 6.07) is 21.7. The van der Waals surface area contributed by atoms with Crippen molar-refractivity contribution in [3.8, 4) is 11.5 Å². The molecule has 0 saturated heterocycles. The summed E-state index contributed by atoms with van der Waals surface area (Å²) in [7, 11) is 1.61. The zero-order valence-electron chi connectivity index (χ0n) is 17.2. The highest BCUT2D eigenvalue weighted by Crippen LogP contribution is 2.36. The van der Waals surface area contributed by atoms with E-state index in [0.717, 1.165) is 25.8 Å². The van der Waals surface area contributed by atoms with E-state index < -0.39 is 0 Å². The van der Waals surface area contributed by atoms with Crippen molar-refractivity contribution in [2.75, 3.05) is 7.11 Å². The second-order valence-corrected chi connectivity index (χ2v) is 8.33. The van der Waals surface area contributed by atoms with Gasteiger partial charge in [-0.3, -0.25) is 0 Å². The minimum atomic E-state index is -0.367. The van der Waals surface area contributed by atoms with Gasteiger partial charge in [-0.15, -0.1) is 0 Å². The van der Waals surface area contributed by atoms with E-state index in [4.69, 9.17) is 14.2 Å². The summed E-state index contributed by atoms with van der Waals surface area (Å²) in [6.07, 6.45) is 3.57. The fourth-order valence-corrected chi connectivity index (χ4v) is 4.00. The number of carbonyl (C=O) groups excluding carboxylic acids is 1. The maximum Gasteiger partial charge on any atom is 0.343 e. The van der Waals surface area contributed by atoms with Gasteiger partial charge in [0.15, 0.2) is 11.5 Å². The van der Waals surface area contributed by atoms with Gasteiger partial charge >= 0.3 is 5.97 Å². The number of rotatable bonds is 6. The number of hydrogen-bond acceptors (Lipinski definition) is 4. The Balaban J connectivity index is 1.59. The highest BCUT2D eigenvalue weighted by Gasteiger charge is 2.22. The number of carbonyl (C=O) groups is 1. The molecule has 0 N–H and O–H groups in total. The number of benzene rings is 3. The first-order chi connectivity index (χ1) is 15.0. The summed E-state index contributed by atoms with van der Waals surface area (Å²) in [4.78, 5) is 12.4. The Hall–Kier alpha value is -3.06. The van der Waals surface area contributed by atoms with E-state index >= 15 is 0 Å². The lowest BCUT2D eigenvalue weighted by molar-refractivity contribution is -0.130. The maximum atomic E-state index is 12.4. The molecule has 1 aliphatic heterocycles. The van der Waals surface area contributed by atoms with Crippen LogP contribution in [-0.2, 0) is 16.1 Å². The van der Waals surface area contributed by atoms with Crippen molar-refractivity contribution in [3.05, 3.63) is 104 Å². The molecule has 0 aliphatic carbocycles. The van der Waals surface area contributed by atoms with Crippen molar-refractivity contribution in [2.24, 2.45) is 0 Å². The van der Waals surface area contributed by atoms with E-state index in [9.17, 15) is 4.79 Å². The van der Waals surface area contributed by atoms with Gasteiger partial charge in [0.25, 0.3) is 0 Å². The Kier molecular flexibility index (Phi) is 6.42. The molecule has 0 fully saturated rings. The number of aryl methyl sites for hydroxylation is 1. The first-order valence-corrected chi connectivity index (χ1v) is 10.9. The predicted octanol–water partition coefficient (Wildman–Crippen LogP) is 6.17. The summed E-state index contributed by atoms with van der Waals surface area (Å²) < 4.78 is 17.9. The molecule has 1 heterocycles. The van der Waals surface area contributed by atoms with Crippen LogP contribution in [0.5, 0.6) is 11.5 Å². The van der Waals surface area contributed by atoms with Gasteiger partial charge in [-0.05, 0) is 64.9 Å². The molecule has 0 aromatic heterocycles. The van der Waals surface area contributed by atoms with Crippen LogP contribution in [0, 0.1) is 10.5 Å². The molecule has 0 saturated carbocycles. The fraction of sp³-hybridized carbons (Fsp3) is 0.115. The molecule has 3 aromatic carbocycles. The normalized spacial score (nSPS) is 14.4. The first-order valence-electron chi connectivity index (χ1n) is 9.80. The van der Waals surface area contributed by atoms with E-state index in [-0.39, 0.29) is 5.97 Å². The van der Waals surface area contributed by atoms with Gasteiger partial charge in [-0.25, -0.2) is 4.79 Å². The van der Waals surface area contributed by atoms with Crippen LogP contribution < -0.4 is 9.47 Å². The first kappa shape index (κ1) is 21.2. The third kappa shape index (κ3) is 4.99. The third-order valence-corrected chi connectivity index (χ3v) is 5.66. The second-order valence-electron chi connectivity index (χ2n) is 7.17. The van der Waals surface area contributed by atoms with E-state index in [1.807, 2.05) is 73.7 Å². The zero-order valence-corrected chi connectivity index (χ0v) is 19.4. The lowest BCUT2D eigenvalue weighted by atomic mass is 10.1. The van der Waals surface area contributed by atoms with Gasteiger partial charge in [0.1, 0.15) is 12.4 Å². The van der Waals surface area contributed by atoms with Crippen LogP contribution in [0.15, 0.2) is 78.4 Å². The van der Waals surface area contributed by atoms with Gasteiger partial charge in [0.05, 0.1) is 16.3 Å². The van der Waals surface area contributed by atoms with Gasteiger partial charge in [-0.1, -0.05) is 60.2 Å². The molecule has 0 atom stereocenters. The molecule has 1 aliphatic rings. The number of halogens is 1. The van der Waals surface area contributed by atoms with Crippen molar-refractivity contribution < 1.29 is 19.0 Å². The van der Waals surface area contributed by atoms with Crippen LogP contribution in [-0.4, -0.2) is 13.1 Å². The molecule has 5 heteroatoms. The Labute approximate surface area is 195 Å². The fourth-order valence-electron chi connectivity index (χ4n) is 3.22. The minimum Gasteiger partial charge on any atom is -0.493 e. The maximum absolute atomic E-state index is 12.4. The quantitative estimate of drug-likeness (QED) is 0.220. The number of ether oxygens (including phenoxy) is 3. The molecule has 0 radical (unpaired) electrons. The number of cyclic esters (lactones) is 1. The van der Waals surface area contributed by atoms with Crippen LogP contribution in [0.3, 0.4) is 0 Å². The standard InChI is InChI=1S/C26H21IO4/c1-17-8-10-20(11-9-17)23-15-21(26(28)31-23)12-19-13-22(27)25(24(14-19)29-2)30-16-18-6-4-3-5-7-18/h3-15H,16H2,1-2H3/b21-12+. The molecule has 0 amide bonds. The number of esters is 1. The molecule has 4 rings (SSSR count). The molecule has 3 aromatic rings. The summed E-state index contributed by atoms with van der Waals surface area (Å²) in [6.45, 7) is 2.47. The average Bonchev–Trinajstić information content (AvgIpc) is 3.14. The summed E-state index contributed by atoms with van der Waals surface area (Å²) >= 11 is 2.22. The van der Waals surface area contributed by atoms with Crippen LogP contribution in [0.1, 0.15) is 22.3 Å². The third-order valence-electron chi connectivity index (χ3n) is 4.86. The summed E-state index contributed by atoms with van der Waals surface area (Å²) in [5, 5.41) is 0. The smallest absolute Gasteiger partial charge is 0.343 e. The van der Waals surface area contributed by atoms with Crippen LogP contribution in [0.25, 0.3) is 11.8 Å². The van der Waals surface area contributed by atoms with Crippen molar-refractivity contribution in [1.29, 1.82) is 0 Å². The van der Waals surface area contributed by atoms with E-state index in [1.165, 1.54) is 0 Å². The average molecular weight is 524 g/mol. The number of hydrogen-bond donors (Lipinski definition) is 0. The van der Waals surface area contributed by atoms with Crippen molar-refractivity contribution in [1.82, 2.24) is 0 Å². The molecular weight excluding hydrogens is 503 g/mol. The minimum absolute atomic E-state index is 0.367. The molecule has 4 nitrogen and oxygen atoms in total. The highest BCUT2D eigenvalue weighted by molar-refractivity contribution is 14.1. The van der Waals surface area contributed by atoms with Crippen LogP contribution in [0.2, 0.25) is 0 Å². The molecule has 31 heavy (non-hydrogen) atoms. The van der Waals surface area contributed by atoms with E-state index in [1.54, 1.807) is 19.3 Å². The lowest BCUT2D eigenvalue weighted by Crippen LogP contribution is -2.00. The Morgan fingerprint density at radius 3 is 2.48 bits per heavy atom. The molecule has 0 spiro atoms. The van der Waals surface area contributed by atoms with Gasteiger partial charge in [0, 0.05) is 5.56 Å². The largest absolute Gasteiger partial charge is 0.493 e. The van der Waals surface area contributed by atoms with Crippen molar-refractivity contribution in [3.63, 3.8) is 0 Å². The second kappa shape index (κ2) is 9.39. The van der Waals surface area contributed by atoms with Crippen molar-refractivity contribution in [2.45, 2.75) is 13.5 Å². The van der Waals surface area contributed by atoms with Crippen LogP contribution in [0.4, 0.5) is 0 Å². The molecular formula is C26H21IO4. The molecule has 156 valence electrons. The van der Waals surface area contributed by atoms with E-state index in [2.05, 4.69) is 22.6 Å². The predicted molar refractivity (Wildman–Crippen MR) is 130 cm³/mol. The van der Waals surface area contributed by atoms with Gasteiger partial charge in [-0.2, -0.15) is 0 Å². The topological polar surface area (TPSA) is 44.8 Å². The van der Waals surface area contributed by atoms with Crippen LogP contribution >= 0.6 is 22.6 Å². The van der Waals surface area contributed by atoms with E-state index in [0.29, 0.717) is 29.4 Å². The SMILES string of the molecule is COc1cc(/C=C2\C=C(c3ccc(C)cc3)OC2=O)cc(I)c1OCc1ccccc1. The lowest BCUT2D eigenvalue weighted by Gasteiger charge is -2.14. The Morgan fingerprint density at radius 1 is 1.03 bits per heavy atom. The zero-order chi connectivity index (χ0) is 21.8. The Morgan fingerprint density at radius 2 is 1.77 bits per heavy atom. The molecule has 0 bridgehead atoms. The van der Waals surface area contributed by atoms with Gasteiger partial charge < -0.3 is 14.2 Å². The van der Waals surface area contributed by atoms with Crippen molar-refractivity contribution >= 4 is 40.4 Å². The Bertz CT molecular complexity index is 1160. The molecule has 0 unspecified atom stereocenters. The summed E-state index contributed by atoms with van der Waals surface area (Å²) in [5.41, 5.74) is 4.43. The monoisotopic (exact) mass is 524 g/mol. The number of methoxy groups -OCH3 is 1. The highest BCUT2D eigenvalue weighted by atomic mass is 127.